The van der Waals surface area contributed by atoms with E-state index in [-0.39, 0.29) is 0 Å². The lowest BCUT2D eigenvalue weighted by molar-refractivity contribution is 0.357. The van der Waals surface area contributed by atoms with Crippen LogP contribution in [0.15, 0.2) is 49.1 Å². The van der Waals surface area contributed by atoms with Crippen LogP contribution in [0.2, 0.25) is 0 Å². The summed E-state index contributed by atoms with van der Waals surface area (Å²) in [6.07, 6.45) is 1.77. The molecule has 0 aliphatic carbocycles. The molecule has 2 aromatic rings. The van der Waals surface area contributed by atoms with Crippen LogP contribution in [0.5, 0.6) is 5.75 Å². The van der Waals surface area contributed by atoms with Crippen molar-refractivity contribution in [1.29, 1.82) is 0 Å². The molecule has 0 radical (unpaired) electrons. The smallest absolute Gasteiger partial charge is 0.124 e. The fraction of sp³-hybridized carbons (Fsp3) is 0.294. The van der Waals surface area contributed by atoms with E-state index in [9.17, 15) is 0 Å². The molecule has 0 fully saturated rings. The van der Waals surface area contributed by atoms with Gasteiger partial charge in [-0.1, -0.05) is 30.9 Å². The van der Waals surface area contributed by atoms with Crippen molar-refractivity contribution in [3.8, 4) is 5.75 Å². The topological polar surface area (TPSA) is 21.3 Å². The maximum absolute atomic E-state index is 5.67. The third kappa shape index (κ3) is 3.95. The first-order valence-electron chi connectivity index (χ1n) is 6.82. The van der Waals surface area contributed by atoms with Gasteiger partial charge in [0, 0.05) is 27.9 Å². The number of benzene rings is 1. The van der Waals surface area contributed by atoms with Crippen LogP contribution in [0.3, 0.4) is 0 Å². The van der Waals surface area contributed by atoms with Crippen molar-refractivity contribution in [3.63, 3.8) is 0 Å². The Morgan fingerprint density at radius 2 is 2.10 bits per heavy atom. The number of hydrogen-bond acceptors (Lipinski definition) is 3. The molecule has 1 atom stereocenters. The molecule has 0 spiro atoms. The van der Waals surface area contributed by atoms with E-state index in [4.69, 9.17) is 4.74 Å². The van der Waals surface area contributed by atoms with Gasteiger partial charge in [-0.05, 0) is 32.0 Å². The fourth-order valence-corrected chi connectivity index (χ4v) is 2.89. The number of nitrogens with one attached hydrogen (secondary N) is 1. The van der Waals surface area contributed by atoms with E-state index < -0.39 is 0 Å². The van der Waals surface area contributed by atoms with Gasteiger partial charge in [-0.15, -0.1) is 11.3 Å². The molecule has 0 aliphatic heterocycles. The van der Waals surface area contributed by atoms with E-state index >= 15 is 0 Å². The number of aryl methyl sites for hydroxylation is 1. The molecule has 1 N–H and O–H groups in total. The molecule has 3 heteroatoms. The van der Waals surface area contributed by atoms with Gasteiger partial charge in [0.2, 0.25) is 0 Å². The molecule has 0 saturated heterocycles. The molecule has 0 aliphatic rings. The zero-order valence-corrected chi connectivity index (χ0v) is 12.9. The zero-order chi connectivity index (χ0) is 14.4. The van der Waals surface area contributed by atoms with Crippen LogP contribution < -0.4 is 10.1 Å². The van der Waals surface area contributed by atoms with Gasteiger partial charge in [-0.3, -0.25) is 0 Å². The molecule has 2 rings (SSSR count). The Bertz CT molecular complexity index is 562. The normalized spacial score (nSPS) is 12.1. The Morgan fingerprint density at radius 1 is 1.30 bits per heavy atom. The summed E-state index contributed by atoms with van der Waals surface area (Å²) in [5, 5.41) is 3.55. The number of thiophene rings is 1. The minimum atomic E-state index is 0.348. The quantitative estimate of drug-likeness (QED) is 0.759. The number of hydrogen-bond donors (Lipinski definition) is 1. The van der Waals surface area contributed by atoms with Gasteiger partial charge in [0.15, 0.2) is 0 Å². The molecule has 1 unspecified atom stereocenters. The van der Waals surface area contributed by atoms with Gasteiger partial charge in [0.25, 0.3) is 0 Å². The summed E-state index contributed by atoms with van der Waals surface area (Å²) in [6.45, 7) is 9.35. The third-order valence-electron chi connectivity index (χ3n) is 3.12. The van der Waals surface area contributed by atoms with Crippen molar-refractivity contribution in [3.05, 3.63) is 64.4 Å². The Hall–Kier alpha value is -1.58. The Morgan fingerprint density at radius 3 is 2.80 bits per heavy atom. The minimum absolute atomic E-state index is 0.348. The van der Waals surface area contributed by atoms with E-state index in [1.807, 2.05) is 29.5 Å². The zero-order valence-electron chi connectivity index (χ0n) is 12.1. The van der Waals surface area contributed by atoms with Crippen LogP contribution in [0.25, 0.3) is 0 Å². The summed E-state index contributed by atoms with van der Waals surface area (Å²) in [4.78, 5) is 2.72. The van der Waals surface area contributed by atoms with Crippen molar-refractivity contribution >= 4 is 11.3 Å². The highest BCUT2D eigenvalue weighted by Gasteiger charge is 2.09. The molecule has 1 heterocycles. The highest BCUT2D eigenvalue weighted by atomic mass is 32.1. The Labute approximate surface area is 125 Å². The van der Waals surface area contributed by atoms with Crippen molar-refractivity contribution in [1.82, 2.24) is 5.32 Å². The molecular formula is C17H21NOS. The molecule has 0 amide bonds. The Kier molecular flexibility index (Phi) is 5.39. The van der Waals surface area contributed by atoms with Gasteiger partial charge in [0.1, 0.15) is 12.4 Å². The SMILES string of the molecule is C=CCOc1ccccc1CNC(C)c1ccc(C)s1. The molecule has 0 bridgehead atoms. The predicted molar refractivity (Wildman–Crippen MR) is 86.4 cm³/mol. The monoisotopic (exact) mass is 287 g/mol. The maximum atomic E-state index is 5.67. The highest BCUT2D eigenvalue weighted by Crippen LogP contribution is 2.24. The van der Waals surface area contributed by atoms with E-state index in [0.29, 0.717) is 12.6 Å². The molecule has 2 nitrogen and oxygen atoms in total. The molecule has 0 saturated carbocycles. The molecule has 1 aromatic heterocycles. The van der Waals surface area contributed by atoms with Crippen LogP contribution in [-0.2, 0) is 6.54 Å². The van der Waals surface area contributed by atoms with E-state index in [1.54, 1.807) is 6.08 Å². The number of ether oxygens (including phenoxy) is 1. The fourth-order valence-electron chi connectivity index (χ4n) is 1.99. The lowest BCUT2D eigenvalue weighted by Gasteiger charge is -2.15. The van der Waals surface area contributed by atoms with Crippen LogP contribution >= 0.6 is 11.3 Å². The van der Waals surface area contributed by atoms with Crippen LogP contribution in [-0.4, -0.2) is 6.61 Å². The predicted octanol–water partition coefficient (Wildman–Crippen LogP) is 4.47. The largest absolute Gasteiger partial charge is 0.489 e. The first kappa shape index (κ1) is 14.8. The third-order valence-corrected chi connectivity index (χ3v) is 4.30. The van der Waals surface area contributed by atoms with Crippen molar-refractivity contribution in [2.75, 3.05) is 6.61 Å². The second-order valence-electron chi connectivity index (χ2n) is 4.76. The van der Waals surface area contributed by atoms with Crippen LogP contribution in [0.4, 0.5) is 0 Å². The summed E-state index contributed by atoms with van der Waals surface area (Å²) in [7, 11) is 0. The number of para-hydroxylation sites is 1. The van der Waals surface area contributed by atoms with Crippen molar-refractivity contribution < 1.29 is 4.74 Å². The summed E-state index contributed by atoms with van der Waals surface area (Å²) < 4.78 is 5.67. The van der Waals surface area contributed by atoms with Gasteiger partial charge < -0.3 is 10.1 Å². The molecular weight excluding hydrogens is 266 g/mol. The summed E-state index contributed by atoms with van der Waals surface area (Å²) >= 11 is 1.84. The lowest BCUT2D eigenvalue weighted by atomic mass is 10.2. The molecule has 1 aromatic carbocycles. The second kappa shape index (κ2) is 7.27. The molecule has 20 heavy (non-hydrogen) atoms. The van der Waals surface area contributed by atoms with Crippen LogP contribution in [0.1, 0.15) is 28.3 Å². The maximum Gasteiger partial charge on any atom is 0.124 e. The van der Waals surface area contributed by atoms with E-state index in [2.05, 4.69) is 43.9 Å². The van der Waals surface area contributed by atoms with E-state index in [1.165, 1.54) is 15.3 Å². The van der Waals surface area contributed by atoms with Gasteiger partial charge in [-0.25, -0.2) is 0 Å². The summed E-state index contributed by atoms with van der Waals surface area (Å²) in [5.41, 5.74) is 1.18. The van der Waals surface area contributed by atoms with Gasteiger partial charge in [-0.2, -0.15) is 0 Å². The van der Waals surface area contributed by atoms with Crippen LogP contribution in [0, 0.1) is 6.92 Å². The first-order chi connectivity index (χ1) is 9.70. The Balaban J connectivity index is 1.98. The lowest BCUT2D eigenvalue weighted by Crippen LogP contribution is -2.17. The molecule has 106 valence electrons. The van der Waals surface area contributed by atoms with E-state index in [0.717, 1.165) is 12.3 Å². The van der Waals surface area contributed by atoms with Crippen molar-refractivity contribution in [2.24, 2.45) is 0 Å². The highest BCUT2D eigenvalue weighted by molar-refractivity contribution is 7.12. The van der Waals surface area contributed by atoms with Crippen molar-refractivity contribution in [2.45, 2.75) is 26.4 Å². The average Bonchev–Trinajstić information content (AvgIpc) is 2.90. The first-order valence-corrected chi connectivity index (χ1v) is 7.63. The number of rotatable bonds is 7. The average molecular weight is 287 g/mol. The second-order valence-corrected chi connectivity index (χ2v) is 6.08. The minimum Gasteiger partial charge on any atom is -0.489 e. The van der Waals surface area contributed by atoms with Gasteiger partial charge >= 0.3 is 0 Å². The summed E-state index contributed by atoms with van der Waals surface area (Å²) in [6, 6.07) is 12.8. The standard InChI is InChI=1S/C17H21NOS/c1-4-11-19-16-8-6-5-7-15(16)12-18-14(3)17-10-9-13(2)20-17/h4-10,14,18H,1,11-12H2,2-3H3. The van der Waals surface area contributed by atoms with Gasteiger partial charge in [0.05, 0.1) is 0 Å². The summed E-state index contributed by atoms with van der Waals surface area (Å²) in [5.74, 6) is 0.925.